The van der Waals surface area contributed by atoms with Gasteiger partial charge in [0.05, 0.1) is 12.2 Å². The van der Waals surface area contributed by atoms with Gasteiger partial charge in [0.2, 0.25) is 5.91 Å². The number of rotatable bonds is 8. The van der Waals surface area contributed by atoms with E-state index >= 15 is 0 Å². The highest BCUT2D eigenvalue weighted by molar-refractivity contribution is 6.30. The summed E-state index contributed by atoms with van der Waals surface area (Å²) in [6.07, 6.45) is 4.20. The Morgan fingerprint density at radius 1 is 1.12 bits per heavy atom. The van der Waals surface area contributed by atoms with Crippen molar-refractivity contribution in [2.45, 2.75) is 18.9 Å². The van der Waals surface area contributed by atoms with Crippen LogP contribution in [0.1, 0.15) is 30.0 Å². The van der Waals surface area contributed by atoms with Gasteiger partial charge >= 0.3 is 0 Å². The van der Waals surface area contributed by atoms with Crippen LogP contribution in [-0.2, 0) is 4.79 Å². The minimum Gasteiger partial charge on any atom is -0.492 e. The van der Waals surface area contributed by atoms with Crippen molar-refractivity contribution < 1.29 is 13.9 Å². The highest BCUT2D eigenvalue weighted by Crippen LogP contribution is 2.27. The minimum atomic E-state index is -0.602. The molecule has 5 nitrogen and oxygen atoms in total. The predicted molar refractivity (Wildman–Crippen MR) is 127 cm³/mol. The number of nitrogens with zero attached hydrogens (tertiary/aromatic N) is 2. The molecular weight excluding hydrogens is 441 g/mol. The quantitative estimate of drug-likeness (QED) is 0.513. The number of para-hydroxylation sites is 1. The fraction of sp³-hybridized carbons (Fsp3) is 0.308. The molecule has 4 rings (SSSR count). The van der Waals surface area contributed by atoms with Gasteiger partial charge in [-0.25, -0.2) is 4.39 Å². The number of benzene rings is 2. The van der Waals surface area contributed by atoms with Crippen LogP contribution in [0, 0.1) is 11.7 Å². The summed E-state index contributed by atoms with van der Waals surface area (Å²) in [7, 11) is 0. The van der Waals surface area contributed by atoms with E-state index in [4.69, 9.17) is 16.3 Å². The van der Waals surface area contributed by atoms with Crippen LogP contribution in [0.2, 0.25) is 5.02 Å². The number of carbonyl (C=O) groups is 1. The first-order valence-corrected chi connectivity index (χ1v) is 11.5. The Balaban J connectivity index is 1.34. The van der Waals surface area contributed by atoms with Gasteiger partial charge in [-0.2, -0.15) is 0 Å². The van der Waals surface area contributed by atoms with Crippen LogP contribution in [0.25, 0.3) is 0 Å². The summed E-state index contributed by atoms with van der Waals surface area (Å²) < 4.78 is 20.3. The summed E-state index contributed by atoms with van der Waals surface area (Å²) in [6.45, 7) is 3.08. The molecule has 0 radical (unpaired) electrons. The number of piperidine rings is 1. The van der Waals surface area contributed by atoms with Crippen LogP contribution in [0.3, 0.4) is 0 Å². The summed E-state index contributed by atoms with van der Waals surface area (Å²) in [5, 5.41) is 3.65. The lowest BCUT2D eigenvalue weighted by Gasteiger charge is -2.32. The van der Waals surface area contributed by atoms with Crippen molar-refractivity contribution in [3.63, 3.8) is 0 Å². The Morgan fingerprint density at radius 3 is 2.55 bits per heavy atom. The van der Waals surface area contributed by atoms with Crippen molar-refractivity contribution in [2.24, 2.45) is 5.92 Å². The molecule has 0 spiro atoms. The summed E-state index contributed by atoms with van der Waals surface area (Å²) in [5.41, 5.74) is 1.16. The van der Waals surface area contributed by atoms with Gasteiger partial charge in [-0.1, -0.05) is 41.9 Å². The zero-order valence-corrected chi connectivity index (χ0v) is 19.0. The largest absolute Gasteiger partial charge is 0.492 e. The number of ether oxygens (including phenoxy) is 1. The molecule has 0 unspecified atom stereocenters. The molecule has 0 saturated carbocycles. The number of hydrogen-bond donors (Lipinski definition) is 1. The molecule has 33 heavy (non-hydrogen) atoms. The lowest BCUT2D eigenvalue weighted by Crippen LogP contribution is -2.43. The van der Waals surface area contributed by atoms with E-state index in [0.29, 0.717) is 17.2 Å². The first-order valence-electron chi connectivity index (χ1n) is 11.2. The summed E-state index contributed by atoms with van der Waals surface area (Å²) in [6, 6.07) is 17.9. The highest BCUT2D eigenvalue weighted by Gasteiger charge is 2.28. The Labute approximate surface area is 198 Å². The molecule has 2 heterocycles. The molecule has 2 aromatic carbocycles. The SMILES string of the molecule is O=C(N[C@@H](c1ccc(Cl)cc1)c1ccncc1F)C1CCN(CCOc2ccccc2)CC1. The second-order valence-corrected chi connectivity index (χ2v) is 8.60. The molecular formula is C26H27ClFN3O2. The monoisotopic (exact) mass is 467 g/mol. The second-order valence-electron chi connectivity index (χ2n) is 8.17. The number of nitrogens with one attached hydrogen (secondary N) is 1. The van der Waals surface area contributed by atoms with Crippen molar-refractivity contribution in [2.75, 3.05) is 26.2 Å². The second kappa shape index (κ2) is 11.3. The average Bonchev–Trinajstić information content (AvgIpc) is 2.85. The predicted octanol–water partition coefficient (Wildman–Crippen LogP) is 4.87. The maximum atomic E-state index is 14.5. The van der Waals surface area contributed by atoms with E-state index in [1.165, 1.54) is 12.4 Å². The molecule has 1 aromatic heterocycles. The molecule has 0 bridgehead atoms. The Morgan fingerprint density at radius 2 is 1.85 bits per heavy atom. The third kappa shape index (κ3) is 6.30. The van der Waals surface area contributed by atoms with Crippen molar-refractivity contribution in [3.8, 4) is 5.75 Å². The number of hydrogen-bond acceptors (Lipinski definition) is 4. The highest BCUT2D eigenvalue weighted by atomic mass is 35.5. The molecule has 172 valence electrons. The molecule has 1 N–H and O–H groups in total. The molecule has 0 aliphatic carbocycles. The normalized spacial score (nSPS) is 15.7. The van der Waals surface area contributed by atoms with E-state index in [1.54, 1.807) is 18.2 Å². The third-order valence-corrected chi connectivity index (χ3v) is 6.23. The lowest BCUT2D eigenvalue weighted by atomic mass is 9.93. The average molecular weight is 468 g/mol. The number of amides is 1. The third-order valence-electron chi connectivity index (χ3n) is 5.98. The number of aromatic nitrogens is 1. The summed E-state index contributed by atoms with van der Waals surface area (Å²) in [5.74, 6) is 0.233. The van der Waals surface area contributed by atoms with Crippen LogP contribution >= 0.6 is 11.6 Å². The van der Waals surface area contributed by atoms with Gasteiger partial charge in [0, 0.05) is 29.2 Å². The molecule has 1 fully saturated rings. The molecule has 1 amide bonds. The van der Waals surface area contributed by atoms with Crippen LogP contribution in [0.4, 0.5) is 4.39 Å². The lowest BCUT2D eigenvalue weighted by molar-refractivity contribution is -0.127. The van der Waals surface area contributed by atoms with E-state index in [9.17, 15) is 9.18 Å². The van der Waals surface area contributed by atoms with E-state index in [-0.39, 0.29) is 11.8 Å². The van der Waals surface area contributed by atoms with Gasteiger partial charge in [0.15, 0.2) is 0 Å². The van der Waals surface area contributed by atoms with Crippen molar-refractivity contribution in [1.82, 2.24) is 15.2 Å². The van der Waals surface area contributed by atoms with Crippen molar-refractivity contribution in [1.29, 1.82) is 0 Å². The van der Waals surface area contributed by atoms with Crippen molar-refractivity contribution >= 4 is 17.5 Å². The van der Waals surface area contributed by atoms with Gasteiger partial charge in [0.25, 0.3) is 0 Å². The first-order chi connectivity index (χ1) is 16.1. The molecule has 1 aliphatic rings. The summed E-state index contributed by atoms with van der Waals surface area (Å²) >= 11 is 6.02. The zero-order chi connectivity index (χ0) is 23.0. The van der Waals surface area contributed by atoms with Crippen LogP contribution in [-0.4, -0.2) is 42.0 Å². The van der Waals surface area contributed by atoms with Gasteiger partial charge < -0.3 is 10.1 Å². The maximum absolute atomic E-state index is 14.5. The van der Waals surface area contributed by atoms with Crippen LogP contribution in [0.15, 0.2) is 73.1 Å². The Kier molecular flexibility index (Phi) is 7.92. The molecule has 1 aliphatic heterocycles. The van der Waals surface area contributed by atoms with Gasteiger partial charge in [-0.05, 0) is 61.8 Å². The number of likely N-dealkylation sites (tertiary alicyclic amines) is 1. The van der Waals surface area contributed by atoms with E-state index < -0.39 is 11.9 Å². The van der Waals surface area contributed by atoms with Gasteiger partial charge in [0.1, 0.15) is 18.2 Å². The number of halogens is 2. The smallest absolute Gasteiger partial charge is 0.223 e. The van der Waals surface area contributed by atoms with Gasteiger partial charge in [-0.3, -0.25) is 14.7 Å². The number of carbonyl (C=O) groups excluding carboxylic acids is 1. The maximum Gasteiger partial charge on any atom is 0.223 e. The molecule has 1 atom stereocenters. The topological polar surface area (TPSA) is 54.5 Å². The minimum absolute atomic E-state index is 0.0636. The van der Waals surface area contributed by atoms with Gasteiger partial charge in [-0.15, -0.1) is 0 Å². The fourth-order valence-corrected chi connectivity index (χ4v) is 4.23. The fourth-order valence-electron chi connectivity index (χ4n) is 4.10. The van der Waals surface area contributed by atoms with E-state index in [2.05, 4.69) is 15.2 Å². The Bertz CT molecular complexity index is 1040. The Hall–Kier alpha value is -2.96. The number of pyridine rings is 1. The van der Waals surface area contributed by atoms with Crippen LogP contribution < -0.4 is 10.1 Å². The summed E-state index contributed by atoms with van der Waals surface area (Å²) in [4.78, 5) is 19.3. The van der Waals surface area contributed by atoms with Crippen molar-refractivity contribution in [3.05, 3.63) is 95.0 Å². The molecule has 1 saturated heterocycles. The van der Waals surface area contributed by atoms with E-state index in [0.717, 1.165) is 43.8 Å². The zero-order valence-electron chi connectivity index (χ0n) is 18.3. The van der Waals surface area contributed by atoms with Crippen LogP contribution in [0.5, 0.6) is 5.75 Å². The first kappa shape index (κ1) is 23.2. The standard InChI is InChI=1S/C26H27ClFN3O2/c27-21-8-6-19(7-9-21)25(23-10-13-29-18-24(23)28)30-26(32)20-11-14-31(15-12-20)16-17-33-22-4-2-1-3-5-22/h1-10,13,18,20,25H,11-12,14-17H2,(H,30,32)/t25-/m0/s1. The molecule has 3 aromatic rings. The van der Waals surface area contributed by atoms with E-state index in [1.807, 2.05) is 42.5 Å². The molecule has 7 heteroatoms.